The highest BCUT2D eigenvalue weighted by molar-refractivity contribution is 7.80. The monoisotopic (exact) mass is 285 g/mol. The summed E-state index contributed by atoms with van der Waals surface area (Å²) in [5.41, 5.74) is 2.45. The summed E-state index contributed by atoms with van der Waals surface area (Å²) in [5, 5.41) is 14.8. The van der Waals surface area contributed by atoms with Crippen molar-refractivity contribution >= 4 is 28.7 Å². The van der Waals surface area contributed by atoms with Gasteiger partial charge in [0.1, 0.15) is 5.82 Å². The number of thiocarbonyl (C=S) groups is 1. The van der Waals surface area contributed by atoms with Crippen LogP contribution in [0.1, 0.15) is 11.1 Å². The van der Waals surface area contributed by atoms with E-state index in [1.54, 1.807) is 36.4 Å². The van der Waals surface area contributed by atoms with Crippen LogP contribution in [0.3, 0.4) is 0 Å². The Morgan fingerprint density at radius 3 is 2.75 bits per heavy atom. The lowest BCUT2D eigenvalue weighted by atomic mass is 10.2. The lowest BCUT2D eigenvalue weighted by molar-refractivity contribution is 0.632. The zero-order valence-electron chi connectivity index (χ0n) is 10.8. The molecule has 0 unspecified atom stereocenters. The Hall–Kier alpha value is -2.45. The fraction of sp³-hybridized carbons (Fsp3) is 0.0667. The topological polar surface area (TPSA) is 47.8 Å². The minimum atomic E-state index is -0.370. The predicted molar refractivity (Wildman–Crippen MR) is 82.1 cm³/mol. The van der Waals surface area contributed by atoms with Crippen LogP contribution in [0, 0.1) is 24.1 Å². The summed E-state index contributed by atoms with van der Waals surface area (Å²) in [7, 11) is 0. The molecule has 0 saturated carbocycles. The molecule has 100 valence electrons. The molecule has 0 amide bonds. The van der Waals surface area contributed by atoms with Crippen LogP contribution in [0.25, 0.3) is 0 Å². The average Bonchev–Trinajstić information content (AvgIpc) is 2.43. The number of hydrogen-bond donors (Lipinski definition) is 2. The van der Waals surface area contributed by atoms with E-state index in [1.165, 1.54) is 6.07 Å². The Morgan fingerprint density at radius 2 is 2.00 bits per heavy atom. The highest BCUT2D eigenvalue weighted by atomic mass is 32.1. The summed E-state index contributed by atoms with van der Waals surface area (Å²) in [6.07, 6.45) is 0. The van der Waals surface area contributed by atoms with Crippen LogP contribution in [0.5, 0.6) is 0 Å². The van der Waals surface area contributed by atoms with Gasteiger partial charge in [-0.3, -0.25) is 0 Å². The van der Waals surface area contributed by atoms with Gasteiger partial charge in [0, 0.05) is 5.69 Å². The number of rotatable bonds is 2. The molecule has 0 aliphatic rings. The van der Waals surface area contributed by atoms with Crippen molar-refractivity contribution in [2.75, 3.05) is 10.6 Å². The molecular weight excluding hydrogens is 273 g/mol. The van der Waals surface area contributed by atoms with Gasteiger partial charge in [-0.05, 0) is 55.0 Å². The van der Waals surface area contributed by atoms with Gasteiger partial charge in [0.15, 0.2) is 5.11 Å². The summed E-state index contributed by atoms with van der Waals surface area (Å²) in [6, 6.07) is 13.7. The van der Waals surface area contributed by atoms with E-state index in [-0.39, 0.29) is 10.9 Å². The van der Waals surface area contributed by atoms with Crippen molar-refractivity contribution < 1.29 is 4.39 Å². The molecule has 0 radical (unpaired) electrons. The molecule has 2 aromatic rings. The molecule has 0 aromatic heterocycles. The van der Waals surface area contributed by atoms with Crippen molar-refractivity contribution in [3.63, 3.8) is 0 Å². The first-order valence-electron chi connectivity index (χ1n) is 5.93. The number of halogens is 1. The van der Waals surface area contributed by atoms with Gasteiger partial charge in [-0.25, -0.2) is 4.39 Å². The zero-order valence-corrected chi connectivity index (χ0v) is 11.6. The molecule has 3 nitrogen and oxygen atoms in total. The minimum absolute atomic E-state index is 0.268. The Labute approximate surface area is 122 Å². The van der Waals surface area contributed by atoms with Crippen LogP contribution in [-0.4, -0.2) is 5.11 Å². The SMILES string of the molecule is Cc1ccc(F)c(NC(=S)Nc2cccc(C#N)c2)c1. The molecule has 0 heterocycles. The van der Waals surface area contributed by atoms with Crippen LogP contribution >= 0.6 is 12.2 Å². The molecule has 5 heteroatoms. The highest BCUT2D eigenvalue weighted by Crippen LogP contribution is 2.16. The van der Waals surface area contributed by atoms with Crippen LogP contribution in [0.15, 0.2) is 42.5 Å². The molecule has 0 aliphatic heterocycles. The van der Waals surface area contributed by atoms with Gasteiger partial charge in [0.2, 0.25) is 0 Å². The van der Waals surface area contributed by atoms with Crippen molar-refractivity contribution in [3.05, 3.63) is 59.4 Å². The van der Waals surface area contributed by atoms with E-state index in [9.17, 15) is 4.39 Å². The molecule has 0 bridgehead atoms. The smallest absolute Gasteiger partial charge is 0.175 e. The van der Waals surface area contributed by atoms with Crippen LogP contribution in [-0.2, 0) is 0 Å². The number of hydrogen-bond acceptors (Lipinski definition) is 2. The van der Waals surface area contributed by atoms with Crippen LogP contribution in [0.2, 0.25) is 0 Å². The summed E-state index contributed by atoms with van der Waals surface area (Å²) in [4.78, 5) is 0. The summed E-state index contributed by atoms with van der Waals surface area (Å²) in [6.45, 7) is 1.87. The standard InChI is InChI=1S/C15H12FN3S/c1-10-5-6-13(16)14(7-10)19-15(20)18-12-4-2-3-11(8-12)9-17/h2-8H,1H3,(H2,18,19,20). The van der Waals surface area contributed by atoms with Crippen molar-refractivity contribution in [3.8, 4) is 6.07 Å². The van der Waals surface area contributed by atoms with Crippen molar-refractivity contribution in [1.29, 1.82) is 5.26 Å². The zero-order chi connectivity index (χ0) is 14.5. The van der Waals surface area contributed by atoms with Crippen LogP contribution < -0.4 is 10.6 Å². The summed E-state index contributed by atoms with van der Waals surface area (Å²) < 4.78 is 13.6. The summed E-state index contributed by atoms with van der Waals surface area (Å²) >= 11 is 5.13. The van der Waals surface area contributed by atoms with Crippen LogP contribution in [0.4, 0.5) is 15.8 Å². The van der Waals surface area contributed by atoms with Crippen molar-refractivity contribution in [1.82, 2.24) is 0 Å². The van der Waals surface area contributed by atoms with E-state index >= 15 is 0 Å². The number of aryl methyl sites for hydroxylation is 1. The van der Waals surface area contributed by atoms with E-state index in [1.807, 2.05) is 13.0 Å². The normalized spacial score (nSPS) is 9.65. The number of anilines is 2. The molecular formula is C15H12FN3S. The second kappa shape index (κ2) is 6.13. The third-order valence-corrected chi connectivity index (χ3v) is 2.82. The van der Waals surface area contributed by atoms with Gasteiger partial charge in [-0.2, -0.15) is 5.26 Å². The summed E-state index contributed by atoms with van der Waals surface area (Å²) in [5.74, 6) is -0.370. The van der Waals surface area contributed by atoms with Crippen molar-refractivity contribution in [2.24, 2.45) is 0 Å². The van der Waals surface area contributed by atoms with E-state index < -0.39 is 0 Å². The molecule has 2 N–H and O–H groups in total. The first-order valence-corrected chi connectivity index (χ1v) is 6.33. The largest absolute Gasteiger partial charge is 0.332 e. The minimum Gasteiger partial charge on any atom is -0.332 e. The Morgan fingerprint density at radius 1 is 1.20 bits per heavy atom. The number of nitrogens with one attached hydrogen (secondary N) is 2. The van der Waals surface area contributed by atoms with E-state index in [0.717, 1.165) is 5.56 Å². The van der Waals surface area contributed by atoms with Gasteiger partial charge in [0.05, 0.1) is 17.3 Å². The maximum absolute atomic E-state index is 13.6. The van der Waals surface area contributed by atoms with Gasteiger partial charge in [0.25, 0.3) is 0 Å². The number of nitrogens with zero attached hydrogens (tertiary/aromatic N) is 1. The molecule has 2 aromatic carbocycles. The number of nitriles is 1. The molecule has 20 heavy (non-hydrogen) atoms. The molecule has 0 fully saturated rings. The van der Waals surface area contributed by atoms with Crippen molar-refractivity contribution in [2.45, 2.75) is 6.92 Å². The lowest BCUT2D eigenvalue weighted by Gasteiger charge is -2.11. The molecule has 2 rings (SSSR count). The third kappa shape index (κ3) is 3.53. The Balaban J connectivity index is 2.09. The maximum Gasteiger partial charge on any atom is 0.175 e. The van der Waals surface area contributed by atoms with E-state index in [0.29, 0.717) is 16.9 Å². The predicted octanol–water partition coefficient (Wildman–Crippen LogP) is 3.81. The van der Waals surface area contributed by atoms with Gasteiger partial charge in [-0.15, -0.1) is 0 Å². The second-order valence-corrected chi connectivity index (χ2v) is 4.66. The fourth-order valence-corrected chi connectivity index (χ4v) is 1.91. The molecule has 0 atom stereocenters. The molecule has 0 spiro atoms. The second-order valence-electron chi connectivity index (χ2n) is 4.26. The lowest BCUT2D eigenvalue weighted by Crippen LogP contribution is -2.19. The fourth-order valence-electron chi connectivity index (χ4n) is 1.69. The van der Waals surface area contributed by atoms with E-state index in [4.69, 9.17) is 17.5 Å². The van der Waals surface area contributed by atoms with E-state index in [2.05, 4.69) is 10.6 Å². The van der Waals surface area contributed by atoms with Gasteiger partial charge >= 0.3 is 0 Å². The molecule has 0 saturated heterocycles. The first kappa shape index (κ1) is 14.0. The maximum atomic E-state index is 13.6. The quantitative estimate of drug-likeness (QED) is 0.824. The highest BCUT2D eigenvalue weighted by Gasteiger charge is 2.05. The third-order valence-electron chi connectivity index (χ3n) is 2.62. The number of benzene rings is 2. The first-order chi connectivity index (χ1) is 9.58. The van der Waals surface area contributed by atoms with Gasteiger partial charge < -0.3 is 10.6 Å². The Kier molecular flexibility index (Phi) is 4.28. The molecule has 0 aliphatic carbocycles. The van der Waals surface area contributed by atoms with Gasteiger partial charge in [-0.1, -0.05) is 12.1 Å². The average molecular weight is 285 g/mol. The Bertz CT molecular complexity index is 692.